The molecule has 0 spiro atoms. The second-order valence-electron chi connectivity index (χ2n) is 2.38. The Labute approximate surface area is 58.8 Å². The van der Waals surface area contributed by atoms with Crippen LogP contribution in [-0.2, 0) is 7.05 Å². The molecule has 1 rings (SSSR count). The van der Waals surface area contributed by atoms with E-state index in [1.54, 1.807) is 7.05 Å². The van der Waals surface area contributed by atoms with Gasteiger partial charge in [-0.3, -0.25) is 4.57 Å². The van der Waals surface area contributed by atoms with E-state index in [9.17, 15) is 4.79 Å². The minimum absolute atomic E-state index is 0.171. The molecule has 0 amide bonds. The van der Waals surface area contributed by atoms with Gasteiger partial charge in [-0.25, -0.2) is 9.47 Å². The molecule has 0 aromatic carbocycles. The standard InChI is InChI=1S/C6H11N3O/c1-4-5(2)9(7)6(10)8(4)3/h7H2,1-3H3. The van der Waals surface area contributed by atoms with Gasteiger partial charge in [-0.15, -0.1) is 0 Å². The van der Waals surface area contributed by atoms with Gasteiger partial charge in [-0.2, -0.15) is 0 Å². The maximum atomic E-state index is 11.0. The van der Waals surface area contributed by atoms with Crippen LogP contribution >= 0.6 is 0 Å². The van der Waals surface area contributed by atoms with Crippen molar-refractivity contribution in [2.45, 2.75) is 13.8 Å². The van der Waals surface area contributed by atoms with Crippen LogP contribution in [0.15, 0.2) is 4.79 Å². The normalized spacial score (nSPS) is 10.3. The number of rotatable bonds is 0. The predicted molar refractivity (Wildman–Crippen MR) is 39.3 cm³/mol. The fourth-order valence-corrected chi connectivity index (χ4v) is 0.866. The maximum Gasteiger partial charge on any atom is 0.346 e. The monoisotopic (exact) mass is 141 g/mol. The zero-order valence-corrected chi connectivity index (χ0v) is 6.38. The molecule has 0 fully saturated rings. The molecule has 1 aromatic rings. The Morgan fingerprint density at radius 1 is 1.30 bits per heavy atom. The Kier molecular flexibility index (Phi) is 1.31. The third kappa shape index (κ3) is 0.650. The summed E-state index contributed by atoms with van der Waals surface area (Å²) < 4.78 is 2.67. The molecule has 56 valence electrons. The Balaban J connectivity index is 3.60. The third-order valence-electron chi connectivity index (χ3n) is 1.88. The molecule has 0 saturated heterocycles. The van der Waals surface area contributed by atoms with Gasteiger partial charge in [0, 0.05) is 12.7 Å². The second-order valence-corrected chi connectivity index (χ2v) is 2.38. The molecule has 4 nitrogen and oxygen atoms in total. The zero-order valence-electron chi connectivity index (χ0n) is 6.38. The van der Waals surface area contributed by atoms with Crippen molar-refractivity contribution in [1.82, 2.24) is 9.24 Å². The van der Waals surface area contributed by atoms with Crippen molar-refractivity contribution in [3.63, 3.8) is 0 Å². The van der Waals surface area contributed by atoms with Crippen molar-refractivity contribution in [2.24, 2.45) is 7.05 Å². The van der Waals surface area contributed by atoms with Crippen LogP contribution in [0.3, 0.4) is 0 Å². The Morgan fingerprint density at radius 2 is 1.80 bits per heavy atom. The molecular formula is C6H11N3O. The molecule has 0 unspecified atom stereocenters. The Bertz CT molecular complexity index is 279. The van der Waals surface area contributed by atoms with Gasteiger partial charge in [0.25, 0.3) is 0 Å². The molecular weight excluding hydrogens is 130 g/mol. The van der Waals surface area contributed by atoms with Gasteiger partial charge in [0.1, 0.15) is 0 Å². The van der Waals surface area contributed by atoms with Gasteiger partial charge < -0.3 is 5.84 Å². The van der Waals surface area contributed by atoms with Crippen LogP contribution in [0.5, 0.6) is 0 Å². The van der Waals surface area contributed by atoms with Gasteiger partial charge in [0.15, 0.2) is 0 Å². The molecule has 1 aromatic heterocycles. The SMILES string of the molecule is Cc1c(C)n(N)c(=O)n1C. The summed E-state index contributed by atoms with van der Waals surface area (Å²) in [6, 6.07) is 0. The highest BCUT2D eigenvalue weighted by Crippen LogP contribution is 1.98. The van der Waals surface area contributed by atoms with Crippen molar-refractivity contribution in [2.75, 3.05) is 5.84 Å². The number of aromatic nitrogens is 2. The highest BCUT2D eigenvalue weighted by atomic mass is 16.2. The van der Waals surface area contributed by atoms with E-state index in [-0.39, 0.29) is 5.69 Å². The lowest BCUT2D eigenvalue weighted by Gasteiger charge is -1.91. The van der Waals surface area contributed by atoms with Crippen LogP contribution in [0.2, 0.25) is 0 Å². The first kappa shape index (κ1) is 6.92. The average molecular weight is 141 g/mol. The largest absolute Gasteiger partial charge is 0.346 e. The molecule has 0 saturated carbocycles. The third-order valence-corrected chi connectivity index (χ3v) is 1.88. The Hall–Kier alpha value is -1.19. The molecule has 0 aliphatic carbocycles. The van der Waals surface area contributed by atoms with E-state index in [0.29, 0.717) is 0 Å². The number of nitrogen functional groups attached to an aromatic ring is 1. The highest BCUT2D eigenvalue weighted by molar-refractivity contribution is 5.10. The first-order chi connectivity index (χ1) is 4.55. The zero-order chi connectivity index (χ0) is 7.89. The summed E-state index contributed by atoms with van der Waals surface area (Å²) in [6.07, 6.45) is 0. The molecule has 0 radical (unpaired) electrons. The molecule has 0 bridgehead atoms. The molecule has 0 atom stereocenters. The minimum Gasteiger partial charge on any atom is -0.335 e. The van der Waals surface area contributed by atoms with Crippen LogP contribution < -0.4 is 11.5 Å². The smallest absolute Gasteiger partial charge is 0.335 e. The fourth-order valence-electron chi connectivity index (χ4n) is 0.866. The van der Waals surface area contributed by atoms with Gasteiger partial charge in [-0.05, 0) is 13.8 Å². The van der Waals surface area contributed by atoms with E-state index in [1.165, 1.54) is 4.57 Å². The minimum atomic E-state index is -0.171. The first-order valence-electron chi connectivity index (χ1n) is 3.05. The van der Waals surface area contributed by atoms with Crippen molar-refractivity contribution in [1.29, 1.82) is 0 Å². The van der Waals surface area contributed by atoms with Gasteiger partial charge in [0.05, 0.1) is 5.69 Å². The predicted octanol–water partition coefficient (Wildman–Crippen LogP) is -0.483. The summed E-state index contributed by atoms with van der Waals surface area (Å²) >= 11 is 0. The van der Waals surface area contributed by atoms with E-state index in [4.69, 9.17) is 5.84 Å². The lowest BCUT2D eigenvalue weighted by atomic mass is 10.4. The van der Waals surface area contributed by atoms with Crippen molar-refractivity contribution in [3.05, 3.63) is 21.9 Å². The van der Waals surface area contributed by atoms with E-state index in [1.807, 2.05) is 13.8 Å². The molecule has 0 aliphatic rings. The van der Waals surface area contributed by atoms with E-state index in [2.05, 4.69) is 0 Å². The van der Waals surface area contributed by atoms with E-state index >= 15 is 0 Å². The summed E-state index contributed by atoms with van der Waals surface area (Å²) in [6.45, 7) is 3.68. The summed E-state index contributed by atoms with van der Waals surface area (Å²) in [5.41, 5.74) is 1.55. The summed E-state index contributed by atoms with van der Waals surface area (Å²) in [5.74, 6) is 5.39. The first-order valence-corrected chi connectivity index (χ1v) is 3.05. The number of hydrogen-bond donors (Lipinski definition) is 1. The van der Waals surface area contributed by atoms with Crippen molar-refractivity contribution >= 4 is 0 Å². The molecule has 10 heavy (non-hydrogen) atoms. The van der Waals surface area contributed by atoms with E-state index < -0.39 is 0 Å². The highest BCUT2D eigenvalue weighted by Gasteiger charge is 2.05. The van der Waals surface area contributed by atoms with Crippen molar-refractivity contribution in [3.8, 4) is 0 Å². The van der Waals surface area contributed by atoms with Crippen LogP contribution in [0.1, 0.15) is 11.4 Å². The van der Waals surface area contributed by atoms with Crippen LogP contribution in [0.25, 0.3) is 0 Å². The van der Waals surface area contributed by atoms with Gasteiger partial charge >= 0.3 is 5.69 Å². The lowest BCUT2D eigenvalue weighted by molar-refractivity contribution is 0.788. The van der Waals surface area contributed by atoms with Crippen LogP contribution in [0.4, 0.5) is 0 Å². The average Bonchev–Trinajstić information content (AvgIpc) is 2.07. The lowest BCUT2D eigenvalue weighted by Crippen LogP contribution is -2.28. The number of nitrogens with two attached hydrogens (primary N) is 1. The summed E-state index contributed by atoms with van der Waals surface area (Å²) in [4.78, 5) is 11.0. The molecule has 1 heterocycles. The summed E-state index contributed by atoms with van der Waals surface area (Å²) in [5, 5.41) is 0. The Morgan fingerprint density at radius 3 is 1.90 bits per heavy atom. The van der Waals surface area contributed by atoms with Crippen LogP contribution in [-0.4, -0.2) is 9.24 Å². The van der Waals surface area contributed by atoms with Gasteiger partial charge in [0.2, 0.25) is 0 Å². The number of hydrogen-bond acceptors (Lipinski definition) is 2. The summed E-state index contributed by atoms with van der Waals surface area (Å²) in [7, 11) is 1.70. The maximum absolute atomic E-state index is 11.0. The van der Waals surface area contributed by atoms with Crippen LogP contribution in [0, 0.1) is 13.8 Å². The van der Waals surface area contributed by atoms with E-state index in [0.717, 1.165) is 16.1 Å². The van der Waals surface area contributed by atoms with Crippen molar-refractivity contribution < 1.29 is 0 Å². The molecule has 2 N–H and O–H groups in total. The van der Waals surface area contributed by atoms with Gasteiger partial charge in [-0.1, -0.05) is 0 Å². The quantitative estimate of drug-likeness (QED) is 0.496. The molecule has 4 heteroatoms. The topological polar surface area (TPSA) is 52.9 Å². The number of nitrogens with zero attached hydrogens (tertiary/aromatic N) is 2. The molecule has 0 aliphatic heterocycles. The fraction of sp³-hybridized carbons (Fsp3) is 0.500. The number of imidazole rings is 1. The second kappa shape index (κ2) is 1.90.